The van der Waals surface area contributed by atoms with Crippen molar-refractivity contribution in [1.82, 2.24) is 4.90 Å². The Kier molecular flexibility index (Phi) is 4.98. The molecule has 0 aromatic heterocycles. The van der Waals surface area contributed by atoms with Gasteiger partial charge in [0.05, 0.1) is 5.71 Å². The van der Waals surface area contributed by atoms with Gasteiger partial charge in [0.1, 0.15) is 5.75 Å². The van der Waals surface area contributed by atoms with Gasteiger partial charge in [0.2, 0.25) is 0 Å². The maximum absolute atomic E-state index is 12.0. The number of amides is 1. The van der Waals surface area contributed by atoms with Gasteiger partial charge >= 0.3 is 0 Å². The average Bonchev–Trinajstić information content (AvgIpc) is 2.53. The second-order valence-electron chi connectivity index (χ2n) is 4.94. The topological polar surface area (TPSA) is 62.1 Å². The Morgan fingerprint density at radius 2 is 2.10 bits per heavy atom. The van der Waals surface area contributed by atoms with Crippen LogP contribution in [0.15, 0.2) is 29.4 Å². The lowest BCUT2D eigenvalue weighted by Gasteiger charge is -2.26. The Balaban J connectivity index is 1.91. The summed E-state index contributed by atoms with van der Waals surface area (Å²) in [6, 6.07) is 7.19. The predicted octanol–water partition coefficient (Wildman–Crippen LogP) is 2.28. The highest BCUT2D eigenvalue weighted by Crippen LogP contribution is 2.15. The van der Waals surface area contributed by atoms with Gasteiger partial charge in [0.25, 0.3) is 5.91 Å². The Hall–Kier alpha value is -2.04. The molecule has 0 aliphatic carbocycles. The third-order valence-electron chi connectivity index (χ3n) is 3.47. The van der Waals surface area contributed by atoms with Crippen molar-refractivity contribution in [2.24, 2.45) is 5.16 Å². The van der Waals surface area contributed by atoms with Gasteiger partial charge in [-0.15, -0.1) is 0 Å². The van der Waals surface area contributed by atoms with Crippen molar-refractivity contribution in [3.05, 3.63) is 29.8 Å². The van der Waals surface area contributed by atoms with Gasteiger partial charge in [0.15, 0.2) is 6.61 Å². The number of benzene rings is 1. The maximum atomic E-state index is 12.0. The third-order valence-corrected chi connectivity index (χ3v) is 3.47. The van der Waals surface area contributed by atoms with Crippen LogP contribution >= 0.6 is 0 Å². The van der Waals surface area contributed by atoms with E-state index in [1.54, 1.807) is 19.1 Å². The fourth-order valence-electron chi connectivity index (χ4n) is 2.25. The Labute approximate surface area is 118 Å². The number of rotatable bonds is 4. The largest absolute Gasteiger partial charge is 0.484 e. The van der Waals surface area contributed by atoms with E-state index in [2.05, 4.69) is 5.16 Å². The van der Waals surface area contributed by atoms with Crippen LogP contribution in [0.2, 0.25) is 0 Å². The average molecular weight is 276 g/mol. The molecule has 0 bridgehead atoms. The molecular weight excluding hydrogens is 256 g/mol. The molecule has 1 saturated heterocycles. The van der Waals surface area contributed by atoms with E-state index in [4.69, 9.17) is 9.94 Å². The molecule has 20 heavy (non-hydrogen) atoms. The zero-order valence-electron chi connectivity index (χ0n) is 11.7. The van der Waals surface area contributed by atoms with E-state index in [1.807, 2.05) is 17.0 Å². The molecule has 5 heteroatoms. The SMILES string of the molecule is C/C(=N\O)c1cccc(OCC(=O)N2CCCCC2)c1. The van der Waals surface area contributed by atoms with Crippen molar-refractivity contribution in [3.63, 3.8) is 0 Å². The van der Waals surface area contributed by atoms with Crippen LogP contribution in [0.5, 0.6) is 5.75 Å². The lowest BCUT2D eigenvalue weighted by Crippen LogP contribution is -2.38. The van der Waals surface area contributed by atoms with Crippen LogP contribution in [-0.2, 0) is 4.79 Å². The summed E-state index contributed by atoms with van der Waals surface area (Å²) < 4.78 is 5.53. The van der Waals surface area contributed by atoms with Crippen LogP contribution in [0.4, 0.5) is 0 Å². The first-order chi connectivity index (χ1) is 9.70. The molecule has 0 saturated carbocycles. The molecule has 0 spiro atoms. The summed E-state index contributed by atoms with van der Waals surface area (Å²) in [4.78, 5) is 13.8. The van der Waals surface area contributed by atoms with Crippen molar-refractivity contribution in [2.75, 3.05) is 19.7 Å². The maximum Gasteiger partial charge on any atom is 0.260 e. The second kappa shape index (κ2) is 6.93. The molecule has 5 nitrogen and oxygen atoms in total. The van der Waals surface area contributed by atoms with E-state index < -0.39 is 0 Å². The van der Waals surface area contributed by atoms with Gasteiger partial charge < -0.3 is 14.8 Å². The lowest BCUT2D eigenvalue weighted by molar-refractivity contribution is -0.134. The van der Waals surface area contributed by atoms with E-state index in [0.29, 0.717) is 11.5 Å². The minimum Gasteiger partial charge on any atom is -0.484 e. The molecule has 2 rings (SSSR count). The third kappa shape index (κ3) is 3.73. The molecule has 0 atom stereocenters. The Morgan fingerprint density at radius 1 is 1.35 bits per heavy atom. The number of hydrogen-bond acceptors (Lipinski definition) is 4. The number of carbonyl (C=O) groups is 1. The van der Waals surface area contributed by atoms with Crippen LogP contribution in [0.25, 0.3) is 0 Å². The molecule has 1 aromatic carbocycles. The van der Waals surface area contributed by atoms with Gasteiger partial charge in [-0.2, -0.15) is 0 Å². The van der Waals surface area contributed by atoms with Gasteiger partial charge in [-0.1, -0.05) is 17.3 Å². The summed E-state index contributed by atoms with van der Waals surface area (Å²) >= 11 is 0. The molecule has 1 amide bonds. The van der Waals surface area contributed by atoms with Crippen LogP contribution in [0.1, 0.15) is 31.7 Å². The highest BCUT2D eigenvalue weighted by molar-refractivity contribution is 5.98. The first-order valence-corrected chi connectivity index (χ1v) is 6.90. The quantitative estimate of drug-likeness (QED) is 0.521. The van der Waals surface area contributed by atoms with Crippen molar-refractivity contribution >= 4 is 11.6 Å². The van der Waals surface area contributed by atoms with Gasteiger partial charge in [0, 0.05) is 18.7 Å². The smallest absolute Gasteiger partial charge is 0.260 e. The minimum absolute atomic E-state index is 0.0302. The van der Waals surface area contributed by atoms with E-state index in [0.717, 1.165) is 31.5 Å². The summed E-state index contributed by atoms with van der Waals surface area (Å²) in [5, 5.41) is 11.9. The van der Waals surface area contributed by atoms with Crippen molar-refractivity contribution in [2.45, 2.75) is 26.2 Å². The van der Waals surface area contributed by atoms with Crippen LogP contribution in [-0.4, -0.2) is 41.4 Å². The number of hydrogen-bond donors (Lipinski definition) is 1. The predicted molar refractivity (Wildman–Crippen MR) is 76.4 cm³/mol. The summed E-state index contributed by atoms with van der Waals surface area (Å²) in [5.74, 6) is 0.638. The fraction of sp³-hybridized carbons (Fsp3) is 0.467. The first-order valence-electron chi connectivity index (χ1n) is 6.90. The molecule has 1 aromatic rings. The zero-order chi connectivity index (χ0) is 14.4. The van der Waals surface area contributed by atoms with E-state index in [9.17, 15) is 4.79 Å². The number of likely N-dealkylation sites (tertiary alicyclic amines) is 1. The molecular formula is C15H20N2O3. The van der Waals surface area contributed by atoms with Gasteiger partial charge in [-0.05, 0) is 38.3 Å². The highest BCUT2D eigenvalue weighted by atomic mass is 16.5. The molecule has 0 radical (unpaired) electrons. The Morgan fingerprint density at radius 3 is 2.80 bits per heavy atom. The van der Waals surface area contributed by atoms with Crippen molar-refractivity contribution < 1.29 is 14.7 Å². The van der Waals surface area contributed by atoms with Crippen LogP contribution < -0.4 is 4.74 Å². The zero-order valence-corrected chi connectivity index (χ0v) is 11.7. The highest BCUT2D eigenvalue weighted by Gasteiger charge is 2.16. The van der Waals surface area contributed by atoms with Crippen molar-refractivity contribution in [3.8, 4) is 5.75 Å². The summed E-state index contributed by atoms with van der Waals surface area (Å²) in [6.45, 7) is 3.42. The molecule has 0 unspecified atom stereocenters. The molecule has 1 aliphatic rings. The molecule has 108 valence electrons. The fourth-order valence-corrected chi connectivity index (χ4v) is 2.25. The molecule has 1 fully saturated rings. The summed E-state index contributed by atoms with van der Waals surface area (Å²) in [5.41, 5.74) is 1.29. The number of oxime groups is 1. The standard InChI is InChI=1S/C15H20N2O3/c1-12(16-19)13-6-5-7-14(10-13)20-11-15(18)17-8-3-2-4-9-17/h5-7,10,19H,2-4,8-9,11H2,1H3/b16-12+. The lowest BCUT2D eigenvalue weighted by atomic mass is 10.1. The number of nitrogens with zero attached hydrogens (tertiary/aromatic N) is 2. The summed E-state index contributed by atoms with van der Waals surface area (Å²) in [7, 11) is 0. The number of piperidine rings is 1. The van der Waals surface area contributed by atoms with Gasteiger partial charge in [-0.3, -0.25) is 4.79 Å². The molecule has 1 aliphatic heterocycles. The van der Waals surface area contributed by atoms with E-state index in [1.165, 1.54) is 6.42 Å². The van der Waals surface area contributed by atoms with Gasteiger partial charge in [-0.25, -0.2) is 0 Å². The number of ether oxygens (including phenoxy) is 1. The summed E-state index contributed by atoms with van der Waals surface area (Å²) in [6.07, 6.45) is 3.35. The molecule has 1 N–H and O–H groups in total. The second-order valence-corrected chi connectivity index (χ2v) is 4.94. The monoisotopic (exact) mass is 276 g/mol. The number of carbonyl (C=O) groups excluding carboxylic acids is 1. The van der Waals surface area contributed by atoms with Crippen LogP contribution in [0.3, 0.4) is 0 Å². The Bertz CT molecular complexity index is 494. The molecule has 1 heterocycles. The van der Waals surface area contributed by atoms with E-state index in [-0.39, 0.29) is 12.5 Å². The van der Waals surface area contributed by atoms with Crippen molar-refractivity contribution in [1.29, 1.82) is 0 Å². The van der Waals surface area contributed by atoms with E-state index >= 15 is 0 Å². The van der Waals surface area contributed by atoms with Crippen LogP contribution in [0, 0.1) is 0 Å². The minimum atomic E-state index is 0.0302. The first kappa shape index (κ1) is 14.4. The normalized spacial score (nSPS) is 16.1.